The maximum Gasteiger partial charge on any atom is 0.235 e. The fraction of sp³-hybridized carbons (Fsp3) is 0.235. The normalized spacial score (nSPS) is 11.5. The molecule has 3 nitrogen and oxygen atoms in total. The Labute approximate surface area is 118 Å². The second-order valence-corrected chi connectivity index (χ2v) is 4.64. The van der Waals surface area contributed by atoms with Crippen LogP contribution in [0.1, 0.15) is 22.7 Å². The molecule has 0 aliphatic rings. The summed E-state index contributed by atoms with van der Waals surface area (Å²) in [6, 6.07) is 15.5. The summed E-state index contributed by atoms with van der Waals surface area (Å²) in [4.78, 5) is 14.6. The Morgan fingerprint density at radius 1 is 1.15 bits per heavy atom. The summed E-state index contributed by atoms with van der Waals surface area (Å²) in [7, 11) is 1.63. The van der Waals surface area contributed by atoms with Gasteiger partial charge in [-0.15, -0.1) is 0 Å². The predicted octanol–water partition coefficient (Wildman–Crippen LogP) is 3.62. The first-order chi connectivity index (χ1) is 9.74. The minimum Gasteiger partial charge on any atom is -0.497 e. The number of rotatable bonds is 5. The molecule has 0 saturated heterocycles. The van der Waals surface area contributed by atoms with E-state index in [1.165, 1.54) is 11.1 Å². The molecular weight excluding hydrogens is 250 g/mol. The maximum atomic E-state index is 10.7. The van der Waals surface area contributed by atoms with E-state index in [4.69, 9.17) is 4.74 Å². The van der Waals surface area contributed by atoms with Gasteiger partial charge < -0.3 is 4.74 Å². The van der Waals surface area contributed by atoms with Crippen molar-refractivity contribution in [2.24, 2.45) is 4.99 Å². The highest BCUT2D eigenvalue weighted by molar-refractivity contribution is 5.38. The van der Waals surface area contributed by atoms with Gasteiger partial charge in [0.1, 0.15) is 5.75 Å². The summed E-state index contributed by atoms with van der Waals surface area (Å²) < 4.78 is 5.14. The number of nitrogens with zero attached hydrogens (tertiary/aromatic N) is 1. The van der Waals surface area contributed by atoms with Crippen LogP contribution in [0.4, 0.5) is 0 Å². The minimum atomic E-state index is -0.209. The van der Waals surface area contributed by atoms with E-state index in [0.717, 1.165) is 11.3 Å². The third-order valence-electron chi connectivity index (χ3n) is 3.38. The third kappa shape index (κ3) is 3.34. The summed E-state index contributed by atoms with van der Waals surface area (Å²) >= 11 is 0. The van der Waals surface area contributed by atoms with Crippen molar-refractivity contribution >= 4 is 6.08 Å². The number of benzene rings is 2. The van der Waals surface area contributed by atoms with E-state index < -0.39 is 0 Å². The van der Waals surface area contributed by atoms with E-state index in [2.05, 4.69) is 24.0 Å². The van der Waals surface area contributed by atoms with Crippen molar-refractivity contribution in [2.75, 3.05) is 7.11 Å². The van der Waals surface area contributed by atoms with Crippen LogP contribution in [-0.4, -0.2) is 13.2 Å². The molecule has 2 aromatic carbocycles. The molecule has 3 heteroatoms. The maximum absolute atomic E-state index is 10.7. The fourth-order valence-corrected chi connectivity index (χ4v) is 2.18. The van der Waals surface area contributed by atoms with Crippen molar-refractivity contribution in [1.82, 2.24) is 0 Å². The number of hydrogen-bond donors (Lipinski definition) is 0. The molecule has 20 heavy (non-hydrogen) atoms. The Morgan fingerprint density at radius 3 is 2.45 bits per heavy atom. The molecule has 0 aliphatic heterocycles. The molecule has 0 heterocycles. The van der Waals surface area contributed by atoms with Gasteiger partial charge in [0.2, 0.25) is 6.08 Å². The van der Waals surface area contributed by atoms with Gasteiger partial charge in [0.05, 0.1) is 13.2 Å². The van der Waals surface area contributed by atoms with Crippen LogP contribution in [-0.2, 0) is 11.2 Å². The van der Waals surface area contributed by atoms with Crippen molar-refractivity contribution in [2.45, 2.75) is 19.4 Å². The fourth-order valence-electron chi connectivity index (χ4n) is 2.18. The summed E-state index contributed by atoms with van der Waals surface area (Å²) in [5, 5.41) is 0. The number of aliphatic imine (C=N–C) groups is 1. The molecule has 0 fully saturated rings. The zero-order valence-electron chi connectivity index (χ0n) is 11.7. The predicted molar refractivity (Wildman–Crippen MR) is 78.7 cm³/mol. The van der Waals surface area contributed by atoms with Crippen molar-refractivity contribution in [1.29, 1.82) is 0 Å². The van der Waals surface area contributed by atoms with Gasteiger partial charge in [-0.05, 0) is 35.7 Å². The first-order valence-corrected chi connectivity index (χ1v) is 6.50. The van der Waals surface area contributed by atoms with Crippen LogP contribution in [0.25, 0.3) is 0 Å². The SMILES string of the molecule is COc1ccc(C(Cc2ccccc2C)N=C=O)cc1. The highest BCUT2D eigenvalue weighted by atomic mass is 16.5. The second kappa shape index (κ2) is 6.69. The lowest BCUT2D eigenvalue weighted by Crippen LogP contribution is -2.02. The van der Waals surface area contributed by atoms with Crippen molar-refractivity contribution < 1.29 is 9.53 Å². The van der Waals surface area contributed by atoms with Gasteiger partial charge in [0.15, 0.2) is 0 Å². The van der Waals surface area contributed by atoms with Crippen LogP contribution in [0.2, 0.25) is 0 Å². The molecule has 102 valence electrons. The Morgan fingerprint density at radius 2 is 1.85 bits per heavy atom. The van der Waals surface area contributed by atoms with Crippen LogP contribution < -0.4 is 4.74 Å². The Balaban J connectivity index is 2.26. The number of isocyanates is 1. The first-order valence-electron chi connectivity index (χ1n) is 6.50. The zero-order valence-corrected chi connectivity index (χ0v) is 11.7. The van der Waals surface area contributed by atoms with E-state index >= 15 is 0 Å². The Bertz CT molecular complexity index is 613. The summed E-state index contributed by atoms with van der Waals surface area (Å²) in [5.74, 6) is 0.790. The van der Waals surface area contributed by atoms with Crippen LogP contribution >= 0.6 is 0 Å². The van der Waals surface area contributed by atoms with Crippen LogP contribution in [0.5, 0.6) is 5.75 Å². The van der Waals surface area contributed by atoms with E-state index in [0.29, 0.717) is 6.42 Å². The summed E-state index contributed by atoms with van der Waals surface area (Å²) in [6.45, 7) is 2.06. The molecule has 0 amide bonds. The molecule has 0 aromatic heterocycles. The average molecular weight is 267 g/mol. The molecule has 2 aromatic rings. The van der Waals surface area contributed by atoms with E-state index in [1.54, 1.807) is 13.2 Å². The van der Waals surface area contributed by atoms with Gasteiger partial charge in [-0.1, -0.05) is 36.4 Å². The van der Waals surface area contributed by atoms with Crippen molar-refractivity contribution in [3.8, 4) is 5.75 Å². The summed E-state index contributed by atoms with van der Waals surface area (Å²) in [5.41, 5.74) is 3.37. The lowest BCUT2D eigenvalue weighted by atomic mass is 9.96. The number of aryl methyl sites for hydroxylation is 1. The smallest absolute Gasteiger partial charge is 0.235 e. The van der Waals surface area contributed by atoms with Gasteiger partial charge in [-0.3, -0.25) is 0 Å². The van der Waals surface area contributed by atoms with E-state index in [-0.39, 0.29) is 6.04 Å². The molecule has 2 rings (SSSR count). The molecular formula is C17H17NO2. The highest BCUT2D eigenvalue weighted by Crippen LogP contribution is 2.25. The van der Waals surface area contributed by atoms with Crippen LogP contribution in [0.3, 0.4) is 0 Å². The van der Waals surface area contributed by atoms with E-state index in [9.17, 15) is 4.79 Å². The van der Waals surface area contributed by atoms with Gasteiger partial charge >= 0.3 is 0 Å². The van der Waals surface area contributed by atoms with E-state index in [1.807, 2.05) is 36.4 Å². The zero-order chi connectivity index (χ0) is 14.4. The van der Waals surface area contributed by atoms with Gasteiger partial charge in [0, 0.05) is 6.42 Å². The lowest BCUT2D eigenvalue weighted by molar-refractivity contribution is 0.414. The molecule has 1 unspecified atom stereocenters. The number of ether oxygens (including phenoxy) is 1. The van der Waals surface area contributed by atoms with Crippen molar-refractivity contribution in [3.05, 3.63) is 65.2 Å². The molecule has 0 N–H and O–H groups in total. The molecule has 0 radical (unpaired) electrons. The number of carbonyl (C=O) groups excluding carboxylic acids is 1. The Kier molecular flexibility index (Phi) is 4.70. The van der Waals surface area contributed by atoms with Crippen LogP contribution in [0.15, 0.2) is 53.5 Å². The van der Waals surface area contributed by atoms with Gasteiger partial charge in [-0.25, -0.2) is 4.79 Å². The highest BCUT2D eigenvalue weighted by Gasteiger charge is 2.12. The van der Waals surface area contributed by atoms with Crippen LogP contribution in [0, 0.1) is 6.92 Å². The quantitative estimate of drug-likeness (QED) is 0.613. The number of hydrogen-bond acceptors (Lipinski definition) is 3. The molecule has 0 spiro atoms. The topological polar surface area (TPSA) is 38.7 Å². The summed E-state index contributed by atoms with van der Waals surface area (Å²) in [6.07, 6.45) is 2.37. The standard InChI is InChI=1S/C17H17NO2/c1-13-5-3-4-6-15(13)11-17(18-12-19)14-7-9-16(20-2)10-8-14/h3-10,17H,11H2,1-2H3. The molecule has 1 atom stereocenters. The average Bonchev–Trinajstić information content (AvgIpc) is 2.49. The molecule has 0 saturated carbocycles. The first kappa shape index (κ1) is 14.0. The molecule has 0 bridgehead atoms. The Hall–Kier alpha value is -2.38. The number of methoxy groups -OCH3 is 1. The minimum absolute atomic E-state index is 0.209. The lowest BCUT2D eigenvalue weighted by Gasteiger charge is -2.13. The molecule has 0 aliphatic carbocycles. The van der Waals surface area contributed by atoms with Gasteiger partial charge in [0.25, 0.3) is 0 Å². The second-order valence-electron chi connectivity index (χ2n) is 4.64. The van der Waals surface area contributed by atoms with Crippen molar-refractivity contribution in [3.63, 3.8) is 0 Å². The third-order valence-corrected chi connectivity index (χ3v) is 3.38. The largest absolute Gasteiger partial charge is 0.497 e. The van der Waals surface area contributed by atoms with Gasteiger partial charge in [-0.2, -0.15) is 4.99 Å². The monoisotopic (exact) mass is 267 g/mol.